The van der Waals surface area contributed by atoms with Crippen LogP contribution in [0.15, 0.2) is 0 Å². The highest BCUT2D eigenvalue weighted by molar-refractivity contribution is 5.00. The van der Waals surface area contributed by atoms with Gasteiger partial charge in [-0.15, -0.1) is 0 Å². The molecule has 6 nitrogen and oxygen atoms in total. The Morgan fingerprint density at radius 1 is 0.815 bits per heavy atom. The summed E-state index contributed by atoms with van der Waals surface area (Å²) in [6.45, 7) is 6.24. The summed E-state index contributed by atoms with van der Waals surface area (Å²) in [5, 5.41) is 0. The molecule has 0 aromatic heterocycles. The molecule has 27 heavy (non-hydrogen) atoms. The predicted molar refractivity (Wildman–Crippen MR) is 74.4 cm³/mol. The van der Waals surface area contributed by atoms with Crippen LogP contribution in [0.4, 0.5) is 26.3 Å². The van der Waals surface area contributed by atoms with Crippen LogP contribution >= 0.6 is 0 Å². The van der Waals surface area contributed by atoms with Crippen LogP contribution in [0.1, 0.15) is 27.7 Å². The number of ether oxygens (including phenoxy) is 6. The second kappa shape index (κ2) is 6.42. The lowest BCUT2D eigenvalue weighted by Gasteiger charge is -2.29. The van der Waals surface area contributed by atoms with Crippen molar-refractivity contribution in [1.82, 2.24) is 0 Å². The Morgan fingerprint density at radius 2 is 1.37 bits per heavy atom. The Balaban J connectivity index is 1.81. The molecule has 0 radical (unpaired) electrons. The maximum Gasteiger partial charge on any atom is 0.423 e. The molecular formula is C15H20F6O6. The normalized spacial score (nSPS) is 38.6. The Morgan fingerprint density at radius 3 is 1.85 bits per heavy atom. The fourth-order valence-electron chi connectivity index (χ4n) is 3.35. The van der Waals surface area contributed by atoms with Crippen LogP contribution in [0.2, 0.25) is 0 Å². The standard InChI is InChI=1S/C15H20F6O6/c1-12(2)22-5-6(25-12)7-8-9(27-13(3,4)26-8)10(23-7)24-11(14(16,17)18)15(19,20)21/h6-11H,5H2,1-4H3/t6-,7-,8+,9+,10-/m1/s1. The second-order valence-electron chi connectivity index (χ2n) is 7.50. The van der Waals surface area contributed by atoms with E-state index in [1.807, 2.05) is 0 Å². The van der Waals surface area contributed by atoms with E-state index in [2.05, 4.69) is 4.74 Å². The van der Waals surface area contributed by atoms with Crippen LogP contribution in [0.5, 0.6) is 0 Å². The lowest BCUT2D eigenvalue weighted by molar-refractivity contribution is -0.362. The Labute approximate surface area is 151 Å². The molecule has 0 aromatic carbocycles. The van der Waals surface area contributed by atoms with E-state index in [0.29, 0.717) is 0 Å². The van der Waals surface area contributed by atoms with Crippen LogP contribution in [0.25, 0.3) is 0 Å². The highest BCUT2D eigenvalue weighted by atomic mass is 19.4. The van der Waals surface area contributed by atoms with Gasteiger partial charge in [-0.05, 0) is 27.7 Å². The quantitative estimate of drug-likeness (QED) is 0.667. The van der Waals surface area contributed by atoms with Gasteiger partial charge >= 0.3 is 12.4 Å². The number of hydrogen-bond donors (Lipinski definition) is 0. The monoisotopic (exact) mass is 410 g/mol. The van der Waals surface area contributed by atoms with E-state index in [0.717, 1.165) is 0 Å². The summed E-state index contributed by atoms with van der Waals surface area (Å²) in [4.78, 5) is 0. The van der Waals surface area contributed by atoms with Crippen molar-refractivity contribution in [2.75, 3.05) is 6.61 Å². The zero-order chi connectivity index (χ0) is 20.4. The molecule has 3 fully saturated rings. The Bertz CT molecular complexity index is 548. The van der Waals surface area contributed by atoms with Gasteiger partial charge in [-0.1, -0.05) is 0 Å². The topological polar surface area (TPSA) is 55.4 Å². The Kier molecular flexibility index (Phi) is 5.01. The third-order valence-electron chi connectivity index (χ3n) is 4.31. The first-order chi connectivity index (χ1) is 12.1. The van der Waals surface area contributed by atoms with E-state index in [4.69, 9.17) is 23.7 Å². The van der Waals surface area contributed by atoms with Gasteiger partial charge in [0, 0.05) is 0 Å². The molecule has 3 saturated heterocycles. The van der Waals surface area contributed by atoms with Crippen molar-refractivity contribution in [2.45, 2.75) is 88.4 Å². The minimum Gasteiger partial charge on any atom is -0.348 e. The first-order valence-corrected chi connectivity index (χ1v) is 8.21. The van der Waals surface area contributed by atoms with Crippen LogP contribution in [0, 0.1) is 0 Å². The van der Waals surface area contributed by atoms with Gasteiger partial charge in [0.05, 0.1) is 6.61 Å². The molecule has 0 unspecified atom stereocenters. The molecule has 0 bridgehead atoms. The van der Waals surface area contributed by atoms with Gasteiger partial charge in [0.1, 0.15) is 24.4 Å². The number of alkyl halides is 6. The fraction of sp³-hybridized carbons (Fsp3) is 1.00. The number of rotatable bonds is 3. The van der Waals surface area contributed by atoms with Crippen molar-refractivity contribution >= 4 is 0 Å². The van der Waals surface area contributed by atoms with Gasteiger partial charge in [-0.2, -0.15) is 26.3 Å². The second-order valence-corrected chi connectivity index (χ2v) is 7.50. The van der Waals surface area contributed by atoms with Crippen LogP contribution in [-0.4, -0.2) is 67.3 Å². The molecule has 3 aliphatic rings. The molecule has 0 saturated carbocycles. The number of hydrogen-bond acceptors (Lipinski definition) is 6. The third kappa shape index (κ3) is 4.35. The smallest absolute Gasteiger partial charge is 0.348 e. The summed E-state index contributed by atoms with van der Waals surface area (Å²) >= 11 is 0. The van der Waals surface area contributed by atoms with Gasteiger partial charge in [-0.3, -0.25) is 0 Å². The van der Waals surface area contributed by atoms with Gasteiger partial charge in [-0.25, -0.2) is 0 Å². The van der Waals surface area contributed by atoms with Crippen LogP contribution < -0.4 is 0 Å². The van der Waals surface area contributed by atoms with Crippen molar-refractivity contribution in [2.24, 2.45) is 0 Å². The van der Waals surface area contributed by atoms with Crippen molar-refractivity contribution in [3.8, 4) is 0 Å². The SMILES string of the molecule is CC1(C)O[C@@H]2[C@H](O1)[C@@H](OC(C(F)(F)F)C(F)(F)F)O[C@@H]2[C@H]1COC(C)(C)O1. The minimum atomic E-state index is -5.67. The van der Waals surface area contributed by atoms with Crippen molar-refractivity contribution in [3.63, 3.8) is 0 Å². The molecule has 3 heterocycles. The van der Waals surface area contributed by atoms with Gasteiger partial charge in [0.2, 0.25) is 0 Å². The number of halogens is 6. The molecule has 12 heteroatoms. The maximum absolute atomic E-state index is 12.8. The average Bonchev–Trinajstić information content (AvgIpc) is 3.04. The Hall–Kier alpha value is -0.660. The van der Waals surface area contributed by atoms with E-state index in [1.165, 1.54) is 13.8 Å². The lowest BCUT2D eigenvalue weighted by Crippen LogP contribution is -2.48. The molecule has 0 aromatic rings. The van der Waals surface area contributed by atoms with Gasteiger partial charge < -0.3 is 28.4 Å². The lowest BCUT2D eigenvalue weighted by atomic mass is 10.1. The molecule has 0 aliphatic carbocycles. The van der Waals surface area contributed by atoms with E-state index >= 15 is 0 Å². The summed E-state index contributed by atoms with van der Waals surface area (Å²) in [5.74, 6) is -2.21. The fourth-order valence-corrected chi connectivity index (χ4v) is 3.35. The molecule has 0 amide bonds. The van der Waals surface area contributed by atoms with E-state index < -0.39 is 60.7 Å². The summed E-state index contributed by atoms with van der Waals surface area (Å²) < 4.78 is 109. The van der Waals surface area contributed by atoms with Crippen molar-refractivity contribution in [3.05, 3.63) is 0 Å². The van der Waals surface area contributed by atoms with Crippen molar-refractivity contribution < 1.29 is 54.8 Å². The largest absolute Gasteiger partial charge is 0.423 e. The van der Waals surface area contributed by atoms with E-state index in [-0.39, 0.29) is 6.61 Å². The third-order valence-corrected chi connectivity index (χ3v) is 4.31. The zero-order valence-corrected chi connectivity index (χ0v) is 14.9. The average molecular weight is 410 g/mol. The predicted octanol–water partition coefficient (Wildman–Crippen LogP) is 2.89. The van der Waals surface area contributed by atoms with Gasteiger partial charge in [0.25, 0.3) is 6.10 Å². The minimum absolute atomic E-state index is 0.0271. The number of fused-ring (bicyclic) bond motifs is 1. The molecule has 158 valence electrons. The molecule has 0 N–H and O–H groups in total. The molecular weight excluding hydrogens is 390 g/mol. The maximum atomic E-state index is 12.8. The summed E-state index contributed by atoms with van der Waals surface area (Å²) in [5.41, 5.74) is 0. The summed E-state index contributed by atoms with van der Waals surface area (Å²) in [7, 11) is 0. The summed E-state index contributed by atoms with van der Waals surface area (Å²) in [6.07, 6.45) is -21.3. The van der Waals surface area contributed by atoms with Crippen LogP contribution in [-0.2, 0) is 28.4 Å². The van der Waals surface area contributed by atoms with E-state index in [1.54, 1.807) is 13.8 Å². The molecule has 3 rings (SSSR count). The zero-order valence-electron chi connectivity index (χ0n) is 14.9. The first-order valence-electron chi connectivity index (χ1n) is 8.21. The molecule has 5 atom stereocenters. The van der Waals surface area contributed by atoms with Gasteiger partial charge in [0.15, 0.2) is 17.9 Å². The highest BCUT2D eigenvalue weighted by Gasteiger charge is 2.64. The van der Waals surface area contributed by atoms with Crippen LogP contribution in [0.3, 0.4) is 0 Å². The first kappa shape index (κ1) is 21.1. The van der Waals surface area contributed by atoms with E-state index in [9.17, 15) is 26.3 Å². The summed E-state index contributed by atoms with van der Waals surface area (Å²) in [6, 6.07) is 0. The molecule has 0 spiro atoms. The highest BCUT2D eigenvalue weighted by Crippen LogP contribution is 2.45. The van der Waals surface area contributed by atoms with Crippen molar-refractivity contribution in [1.29, 1.82) is 0 Å². The molecule has 3 aliphatic heterocycles.